The van der Waals surface area contributed by atoms with Crippen LogP contribution in [0.3, 0.4) is 0 Å². The third-order valence-corrected chi connectivity index (χ3v) is 1.30. The number of aliphatic imine (C=N–C) groups is 1. The van der Waals surface area contributed by atoms with E-state index in [9.17, 15) is 9.59 Å². The molecule has 3 N–H and O–H groups in total. The van der Waals surface area contributed by atoms with Gasteiger partial charge in [-0.2, -0.15) is 4.99 Å². The van der Waals surface area contributed by atoms with Crippen LogP contribution in [0.1, 0.15) is 20.3 Å². The van der Waals surface area contributed by atoms with Gasteiger partial charge < -0.3 is 11.1 Å². The quantitative estimate of drug-likeness (QED) is 0.337. The van der Waals surface area contributed by atoms with E-state index in [1.54, 1.807) is 13.8 Å². The van der Waals surface area contributed by atoms with E-state index >= 15 is 0 Å². The molecular formula is C7H13N3O2. The van der Waals surface area contributed by atoms with E-state index in [4.69, 9.17) is 5.73 Å². The molecule has 0 bridgehead atoms. The van der Waals surface area contributed by atoms with Crippen molar-refractivity contribution in [2.45, 2.75) is 26.3 Å². The lowest BCUT2D eigenvalue weighted by molar-refractivity contribution is -0.122. The molecule has 12 heavy (non-hydrogen) atoms. The molecule has 0 aromatic rings. The number of nitrogens with zero attached hydrogens (tertiary/aromatic N) is 1. The normalized spacial score (nSPS) is 13.7. The van der Waals surface area contributed by atoms with Crippen LogP contribution in [0.5, 0.6) is 0 Å². The molecule has 5 heteroatoms. The Morgan fingerprint density at radius 1 is 1.75 bits per heavy atom. The number of nitrogens with one attached hydrogen (secondary N) is 1. The van der Waals surface area contributed by atoms with Crippen molar-refractivity contribution in [2.24, 2.45) is 10.7 Å². The highest BCUT2D eigenvalue weighted by molar-refractivity contribution is 5.96. The average Bonchev–Trinajstić information content (AvgIpc) is 2.04. The number of amidine groups is 1. The van der Waals surface area contributed by atoms with Crippen molar-refractivity contribution in [1.82, 2.24) is 5.32 Å². The molecule has 0 aromatic carbocycles. The highest BCUT2D eigenvalue weighted by Gasteiger charge is 2.09. The van der Waals surface area contributed by atoms with Crippen LogP contribution in [-0.4, -0.2) is 24.2 Å². The summed E-state index contributed by atoms with van der Waals surface area (Å²) in [5.41, 5.74) is 5.32. The molecule has 0 saturated heterocycles. The summed E-state index contributed by atoms with van der Waals surface area (Å²) in [4.78, 5) is 24.5. The first-order valence-electron chi connectivity index (χ1n) is 3.68. The number of carbonyl (C=O) groups excluding carboxylic acids is 2. The van der Waals surface area contributed by atoms with Crippen LogP contribution in [0.25, 0.3) is 0 Å². The minimum atomic E-state index is -0.604. The summed E-state index contributed by atoms with van der Waals surface area (Å²) in [6, 6.07) is -0.604. The van der Waals surface area contributed by atoms with E-state index in [0.29, 0.717) is 12.8 Å². The highest BCUT2D eigenvalue weighted by Crippen LogP contribution is 1.87. The van der Waals surface area contributed by atoms with Gasteiger partial charge in [-0.15, -0.1) is 0 Å². The number of nitrogens with two attached hydrogens (primary N) is 1. The summed E-state index contributed by atoms with van der Waals surface area (Å²) in [5.74, 6) is -0.152. The first-order valence-corrected chi connectivity index (χ1v) is 3.68. The Labute approximate surface area is 71.0 Å². The van der Waals surface area contributed by atoms with Gasteiger partial charge in [0.05, 0.1) is 0 Å². The molecule has 0 radical (unpaired) electrons. The number of hydrogen-bond donors (Lipinski definition) is 2. The lowest BCUT2D eigenvalue weighted by atomic mass is 10.3. The maximum absolute atomic E-state index is 11.0. The van der Waals surface area contributed by atoms with E-state index in [1.807, 2.05) is 0 Å². The van der Waals surface area contributed by atoms with Crippen molar-refractivity contribution in [2.75, 3.05) is 0 Å². The summed E-state index contributed by atoms with van der Waals surface area (Å²) < 4.78 is 0. The largest absolute Gasteiger partial charge is 0.387 e. The van der Waals surface area contributed by atoms with E-state index in [0.717, 1.165) is 0 Å². The molecule has 1 unspecified atom stereocenters. The summed E-state index contributed by atoms with van der Waals surface area (Å²) in [6.45, 7) is 3.34. The van der Waals surface area contributed by atoms with Gasteiger partial charge in [-0.05, 0) is 6.92 Å². The molecule has 68 valence electrons. The lowest BCUT2D eigenvalue weighted by Crippen LogP contribution is -2.32. The molecule has 0 heterocycles. The summed E-state index contributed by atoms with van der Waals surface area (Å²) in [7, 11) is 0. The van der Waals surface area contributed by atoms with Gasteiger partial charge in [0.1, 0.15) is 11.9 Å². The SMILES string of the molecule is CCC(N)=NC(=O)C(C)NC=O. The van der Waals surface area contributed by atoms with Crippen molar-refractivity contribution >= 4 is 18.2 Å². The van der Waals surface area contributed by atoms with Gasteiger partial charge in [-0.25, -0.2) is 0 Å². The molecule has 0 aliphatic rings. The second-order valence-electron chi connectivity index (χ2n) is 2.30. The number of carbonyl (C=O) groups is 2. The number of rotatable bonds is 4. The van der Waals surface area contributed by atoms with Crippen LogP contribution in [-0.2, 0) is 9.59 Å². The van der Waals surface area contributed by atoms with Crippen LogP contribution in [0, 0.1) is 0 Å². The second kappa shape index (κ2) is 5.29. The van der Waals surface area contributed by atoms with Gasteiger partial charge >= 0.3 is 0 Å². The van der Waals surface area contributed by atoms with Crippen molar-refractivity contribution in [3.8, 4) is 0 Å². The van der Waals surface area contributed by atoms with Gasteiger partial charge in [0.15, 0.2) is 0 Å². The number of amides is 2. The Balaban J connectivity index is 4.11. The maximum Gasteiger partial charge on any atom is 0.269 e. The van der Waals surface area contributed by atoms with Crippen molar-refractivity contribution < 1.29 is 9.59 Å². The lowest BCUT2D eigenvalue weighted by Gasteiger charge is -2.04. The highest BCUT2D eigenvalue weighted by atomic mass is 16.2. The monoisotopic (exact) mass is 171 g/mol. The Bertz CT molecular complexity index is 201. The second-order valence-corrected chi connectivity index (χ2v) is 2.30. The smallest absolute Gasteiger partial charge is 0.269 e. The van der Waals surface area contributed by atoms with Gasteiger partial charge in [-0.1, -0.05) is 6.92 Å². The fraction of sp³-hybridized carbons (Fsp3) is 0.571. The van der Waals surface area contributed by atoms with E-state index in [1.165, 1.54) is 0 Å². The van der Waals surface area contributed by atoms with Crippen LogP contribution in [0.15, 0.2) is 4.99 Å². The van der Waals surface area contributed by atoms with Crippen LogP contribution in [0.2, 0.25) is 0 Å². The van der Waals surface area contributed by atoms with Gasteiger partial charge in [0, 0.05) is 6.42 Å². The summed E-state index contributed by atoms with van der Waals surface area (Å²) in [5, 5.41) is 2.28. The Hall–Kier alpha value is -1.39. The van der Waals surface area contributed by atoms with E-state index in [-0.39, 0.29) is 5.84 Å². The van der Waals surface area contributed by atoms with Gasteiger partial charge in [0.2, 0.25) is 6.41 Å². The van der Waals surface area contributed by atoms with Crippen molar-refractivity contribution in [1.29, 1.82) is 0 Å². The van der Waals surface area contributed by atoms with Crippen LogP contribution >= 0.6 is 0 Å². The first kappa shape index (κ1) is 10.6. The molecule has 0 aliphatic heterocycles. The van der Waals surface area contributed by atoms with Crippen LogP contribution in [0.4, 0.5) is 0 Å². The molecule has 0 aliphatic carbocycles. The zero-order valence-electron chi connectivity index (χ0n) is 7.20. The molecule has 0 saturated carbocycles. The molecule has 0 aromatic heterocycles. The minimum absolute atomic E-state index is 0.277. The Morgan fingerprint density at radius 3 is 2.75 bits per heavy atom. The predicted octanol–water partition coefficient (Wildman–Crippen LogP) is -0.585. The van der Waals surface area contributed by atoms with Gasteiger partial charge in [-0.3, -0.25) is 9.59 Å². The van der Waals surface area contributed by atoms with Crippen LogP contribution < -0.4 is 11.1 Å². The molecule has 0 rings (SSSR count). The summed E-state index contributed by atoms with van der Waals surface area (Å²) in [6.07, 6.45) is 0.986. The Morgan fingerprint density at radius 2 is 2.33 bits per heavy atom. The topological polar surface area (TPSA) is 84.5 Å². The predicted molar refractivity (Wildman–Crippen MR) is 45.6 cm³/mol. The third-order valence-electron chi connectivity index (χ3n) is 1.30. The fourth-order valence-corrected chi connectivity index (χ4v) is 0.491. The molecule has 5 nitrogen and oxygen atoms in total. The van der Waals surface area contributed by atoms with E-state index in [2.05, 4.69) is 10.3 Å². The Kier molecular flexibility index (Phi) is 4.67. The average molecular weight is 171 g/mol. The molecule has 1 atom stereocenters. The first-order chi connectivity index (χ1) is 5.61. The van der Waals surface area contributed by atoms with Gasteiger partial charge in [0.25, 0.3) is 5.91 Å². The molecule has 0 spiro atoms. The summed E-state index contributed by atoms with van der Waals surface area (Å²) >= 11 is 0. The standard InChI is InChI=1S/C7H13N3O2/c1-3-6(8)10-7(12)5(2)9-4-11/h4-5H,3H2,1-2H3,(H,9,11)(H2,8,10,12). The van der Waals surface area contributed by atoms with Crippen molar-refractivity contribution in [3.63, 3.8) is 0 Å². The maximum atomic E-state index is 11.0. The number of hydrogen-bond acceptors (Lipinski definition) is 2. The van der Waals surface area contributed by atoms with E-state index < -0.39 is 11.9 Å². The molecular weight excluding hydrogens is 158 g/mol. The fourth-order valence-electron chi connectivity index (χ4n) is 0.491. The zero-order chi connectivity index (χ0) is 9.56. The molecule has 0 fully saturated rings. The van der Waals surface area contributed by atoms with Crippen molar-refractivity contribution in [3.05, 3.63) is 0 Å². The third kappa shape index (κ3) is 3.70. The molecule has 2 amide bonds. The zero-order valence-corrected chi connectivity index (χ0v) is 7.20. The minimum Gasteiger partial charge on any atom is -0.387 e.